The van der Waals surface area contributed by atoms with E-state index in [-0.39, 0.29) is 24.8 Å². The van der Waals surface area contributed by atoms with Gasteiger partial charge in [-0.05, 0) is 49.3 Å². The predicted octanol–water partition coefficient (Wildman–Crippen LogP) is 4.63. The van der Waals surface area contributed by atoms with Crippen LogP contribution in [0, 0.1) is 12.8 Å². The summed E-state index contributed by atoms with van der Waals surface area (Å²) in [4.78, 5) is 28.2. The number of carbonyl (C=O) groups is 2. The third kappa shape index (κ3) is 5.64. The summed E-state index contributed by atoms with van der Waals surface area (Å²) in [7, 11) is -3.67. The molecule has 3 aromatic rings. The normalized spacial score (nSPS) is 14.7. The summed E-state index contributed by atoms with van der Waals surface area (Å²) in [5.41, 5.74) is 2.71. The minimum absolute atomic E-state index is 0.131. The number of rotatable bonds is 10. The molecule has 0 aliphatic carbocycles. The van der Waals surface area contributed by atoms with E-state index >= 15 is 0 Å². The van der Waals surface area contributed by atoms with Crippen LogP contribution in [0.2, 0.25) is 0 Å². The summed E-state index contributed by atoms with van der Waals surface area (Å²) in [6.45, 7) is 8.81. The van der Waals surface area contributed by atoms with E-state index in [4.69, 9.17) is 0 Å². The fourth-order valence-corrected chi connectivity index (χ4v) is 6.39. The van der Waals surface area contributed by atoms with Crippen LogP contribution in [0.4, 0.5) is 5.69 Å². The van der Waals surface area contributed by atoms with Crippen molar-refractivity contribution in [3.05, 3.63) is 71.8 Å². The van der Waals surface area contributed by atoms with Crippen molar-refractivity contribution in [2.75, 3.05) is 17.4 Å². The first-order valence-electron chi connectivity index (χ1n) is 12.8. The van der Waals surface area contributed by atoms with Crippen LogP contribution >= 0.6 is 0 Å². The summed E-state index contributed by atoms with van der Waals surface area (Å²) in [5.74, 6) is -0.0770. The Balaban J connectivity index is 1.48. The lowest BCUT2D eigenvalue weighted by Gasteiger charge is -2.29. The highest BCUT2D eigenvalue weighted by Crippen LogP contribution is 2.42. The van der Waals surface area contributed by atoms with Gasteiger partial charge in [-0.25, -0.2) is 8.42 Å². The molecule has 4 rings (SSSR count). The quantitative estimate of drug-likeness (QED) is 0.422. The van der Waals surface area contributed by atoms with Crippen LogP contribution in [0.3, 0.4) is 0 Å². The molecule has 0 aromatic heterocycles. The van der Waals surface area contributed by atoms with Crippen LogP contribution in [0.25, 0.3) is 10.8 Å². The van der Waals surface area contributed by atoms with E-state index in [1.807, 2.05) is 69.3 Å². The highest BCUT2D eigenvalue weighted by Gasteiger charge is 2.35. The first-order valence-corrected chi connectivity index (χ1v) is 14.2. The highest BCUT2D eigenvalue weighted by molar-refractivity contribution is 7.93. The number of hydrogen-bond donors (Lipinski definition) is 1. The standard InChI is InChI=1S/C29H35N3O4S/c1-20(2)18-30-29(34)22(4)31(19-23-15-13-21(3)14-16-23)27(33)12-7-17-32-25-10-5-8-24-9-6-11-26(28(24)25)37(32,35)36/h5-6,8-11,13-16,20,22H,7,12,17-19H2,1-4H3,(H,30,34)/t22-/m1/s1. The zero-order valence-electron chi connectivity index (χ0n) is 21.9. The number of hydrogen-bond acceptors (Lipinski definition) is 4. The summed E-state index contributed by atoms with van der Waals surface area (Å²) in [5, 5.41) is 4.53. The molecule has 0 saturated heterocycles. The van der Waals surface area contributed by atoms with E-state index < -0.39 is 16.1 Å². The van der Waals surface area contributed by atoms with Crippen molar-refractivity contribution < 1.29 is 18.0 Å². The molecule has 1 N–H and O–H groups in total. The van der Waals surface area contributed by atoms with Crippen LogP contribution in [0.15, 0.2) is 65.6 Å². The Bertz CT molecular complexity index is 1400. The fraction of sp³-hybridized carbons (Fsp3) is 0.379. The number of benzene rings is 3. The molecular formula is C29H35N3O4S. The predicted molar refractivity (Wildman–Crippen MR) is 147 cm³/mol. The van der Waals surface area contributed by atoms with Gasteiger partial charge in [0.1, 0.15) is 6.04 Å². The number of anilines is 1. The number of sulfonamides is 1. The van der Waals surface area contributed by atoms with Gasteiger partial charge in [0.2, 0.25) is 11.8 Å². The van der Waals surface area contributed by atoms with E-state index in [1.54, 1.807) is 24.0 Å². The number of aryl methyl sites for hydroxylation is 1. The molecule has 1 aliphatic heterocycles. The van der Waals surface area contributed by atoms with E-state index in [2.05, 4.69) is 5.32 Å². The lowest BCUT2D eigenvalue weighted by Crippen LogP contribution is -2.48. The maximum atomic E-state index is 13.4. The zero-order valence-corrected chi connectivity index (χ0v) is 22.7. The molecule has 1 aliphatic rings. The van der Waals surface area contributed by atoms with Gasteiger partial charge in [0, 0.05) is 31.4 Å². The van der Waals surface area contributed by atoms with Gasteiger partial charge in [0.25, 0.3) is 10.0 Å². The van der Waals surface area contributed by atoms with Gasteiger partial charge in [0.15, 0.2) is 0 Å². The van der Waals surface area contributed by atoms with Gasteiger partial charge >= 0.3 is 0 Å². The van der Waals surface area contributed by atoms with Crippen molar-refractivity contribution in [1.82, 2.24) is 10.2 Å². The largest absolute Gasteiger partial charge is 0.354 e. The molecule has 0 saturated carbocycles. The molecule has 3 aromatic carbocycles. The van der Waals surface area contributed by atoms with Crippen molar-refractivity contribution in [2.24, 2.45) is 5.92 Å². The minimum atomic E-state index is -3.67. The molecule has 0 spiro atoms. The maximum Gasteiger partial charge on any atom is 0.265 e. The third-order valence-electron chi connectivity index (χ3n) is 6.76. The smallest absolute Gasteiger partial charge is 0.265 e. The van der Waals surface area contributed by atoms with Crippen LogP contribution < -0.4 is 9.62 Å². The second-order valence-corrected chi connectivity index (χ2v) is 12.0. The van der Waals surface area contributed by atoms with E-state index in [1.165, 1.54) is 4.31 Å². The third-order valence-corrected chi connectivity index (χ3v) is 8.61. The van der Waals surface area contributed by atoms with Gasteiger partial charge < -0.3 is 10.2 Å². The van der Waals surface area contributed by atoms with Crippen LogP contribution in [0.1, 0.15) is 44.7 Å². The number of nitrogens with one attached hydrogen (secondary N) is 1. The molecule has 1 atom stereocenters. The lowest BCUT2D eigenvalue weighted by atomic mass is 10.1. The van der Waals surface area contributed by atoms with Gasteiger partial charge in [0.05, 0.1) is 10.6 Å². The van der Waals surface area contributed by atoms with Gasteiger partial charge in [-0.1, -0.05) is 67.9 Å². The Labute approximate surface area is 219 Å². The summed E-state index contributed by atoms with van der Waals surface area (Å²) < 4.78 is 27.9. The Morgan fingerprint density at radius 1 is 0.973 bits per heavy atom. The van der Waals surface area contributed by atoms with Crippen molar-refractivity contribution >= 4 is 38.3 Å². The number of amides is 2. The highest BCUT2D eigenvalue weighted by atomic mass is 32.2. The molecule has 1 heterocycles. The van der Waals surface area contributed by atoms with Crippen LogP contribution in [-0.2, 0) is 26.2 Å². The second-order valence-electron chi connectivity index (χ2n) is 10.1. The molecule has 0 fully saturated rings. The monoisotopic (exact) mass is 521 g/mol. The van der Waals surface area contributed by atoms with Gasteiger partial charge in [-0.2, -0.15) is 0 Å². The average Bonchev–Trinajstić information content (AvgIpc) is 3.09. The minimum Gasteiger partial charge on any atom is -0.354 e. The second kappa shape index (κ2) is 10.9. The zero-order chi connectivity index (χ0) is 26.7. The van der Waals surface area contributed by atoms with Crippen molar-refractivity contribution in [1.29, 1.82) is 0 Å². The summed E-state index contributed by atoms with van der Waals surface area (Å²) in [6, 6.07) is 18.1. The van der Waals surface area contributed by atoms with Crippen LogP contribution in [-0.4, -0.2) is 44.3 Å². The molecule has 8 heteroatoms. The molecule has 7 nitrogen and oxygen atoms in total. The Kier molecular flexibility index (Phi) is 7.87. The molecule has 2 amide bonds. The maximum absolute atomic E-state index is 13.4. The van der Waals surface area contributed by atoms with Gasteiger partial charge in [-0.3, -0.25) is 13.9 Å². The van der Waals surface area contributed by atoms with Gasteiger partial charge in [-0.15, -0.1) is 0 Å². The molecule has 196 valence electrons. The van der Waals surface area contributed by atoms with Crippen molar-refractivity contribution in [2.45, 2.75) is 58.0 Å². The SMILES string of the molecule is Cc1ccc(CN(C(=O)CCCN2c3cccc4cccc(c34)S2(=O)=O)[C@H](C)C(=O)NCC(C)C)cc1. The van der Waals surface area contributed by atoms with E-state index in [0.717, 1.165) is 21.9 Å². The fourth-order valence-electron chi connectivity index (χ4n) is 4.64. The summed E-state index contributed by atoms with van der Waals surface area (Å²) in [6.07, 6.45) is 0.471. The molecule has 0 radical (unpaired) electrons. The Morgan fingerprint density at radius 2 is 1.65 bits per heavy atom. The van der Waals surface area contributed by atoms with Crippen molar-refractivity contribution in [3.8, 4) is 0 Å². The van der Waals surface area contributed by atoms with E-state index in [0.29, 0.717) is 36.0 Å². The number of nitrogens with zero attached hydrogens (tertiary/aromatic N) is 2. The van der Waals surface area contributed by atoms with Crippen LogP contribution in [0.5, 0.6) is 0 Å². The summed E-state index contributed by atoms with van der Waals surface area (Å²) >= 11 is 0. The lowest BCUT2D eigenvalue weighted by molar-refractivity contribution is -0.140. The first kappa shape index (κ1) is 26.7. The molecular weight excluding hydrogens is 486 g/mol. The average molecular weight is 522 g/mol. The molecule has 0 bridgehead atoms. The van der Waals surface area contributed by atoms with Crippen molar-refractivity contribution in [3.63, 3.8) is 0 Å². The molecule has 0 unspecified atom stereocenters. The topological polar surface area (TPSA) is 86.8 Å². The Morgan fingerprint density at radius 3 is 2.32 bits per heavy atom. The molecule has 37 heavy (non-hydrogen) atoms. The first-order chi connectivity index (χ1) is 17.6. The Hall–Kier alpha value is -3.39. The van der Waals surface area contributed by atoms with E-state index in [9.17, 15) is 18.0 Å². The number of carbonyl (C=O) groups excluding carboxylic acids is 2.